The Hall–Kier alpha value is -1.33. The van der Waals surface area contributed by atoms with E-state index in [-0.39, 0.29) is 6.04 Å². The van der Waals surface area contributed by atoms with Crippen molar-refractivity contribution in [1.29, 1.82) is 0 Å². The van der Waals surface area contributed by atoms with Crippen molar-refractivity contribution in [3.63, 3.8) is 0 Å². The molecule has 1 aromatic rings. The van der Waals surface area contributed by atoms with Crippen molar-refractivity contribution in [3.05, 3.63) is 23.5 Å². The van der Waals surface area contributed by atoms with Crippen molar-refractivity contribution in [2.45, 2.75) is 45.1 Å². The van der Waals surface area contributed by atoms with E-state index in [1.165, 1.54) is 0 Å². The van der Waals surface area contributed by atoms with Crippen LogP contribution in [0, 0.1) is 29.4 Å². The van der Waals surface area contributed by atoms with Crippen LogP contribution in [0.25, 0.3) is 0 Å². The standard InChI is InChI=1S/C13H16F4N2/c1-2-7-3-5-8(6-4-7)18-11-9(14)12(16)19-13(17)10(11)15/h7-8H,2-6H2,1H3,(H,18,19). The summed E-state index contributed by atoms with van der Waals surface area (Å²) in [5, 5.41) is 2.57. The van der Waals surface area contributed by atoms with Crippen LogP contribution in [-0.2, 0) is 0 Å². The molecule has 1 saturated carbocycles. The maximum absolute atomic E-state index is 13.4. The van der Waals surface area contributed by atoms with E-state index in [0.29, 0.717) is 5.92 Å². The van der Waals surface area contributed by atoms with Crippen LogP contribution in [0.5, 0.6) is 0 Å². The maximum atomic E-state index is 13.4. The summed E-state index contributed by atoms with van der Waals surface area (Å²) in [5.41, 5.74) is -0.745. The number of pyridine rings is 1. The fraction of sp³-hybridized carbons (Fsp3) is 0.615. The van der Waals surface area contributed by atoms with Gasteiger partial charge in [-0.15, -0.1) is 0 Å². The van der Waals surface area contributed by atoms with E-state index in [1.54, 1.807) is 0 Å². The number of anilines is 1. The molecule has 1 fully saturated rings. The highest BCUT2D eigenvalue weighted by Crippen LogP contribution is 2.30. The summed E-state index contributed by atoms with van der Waals surface area (Å²) < 4.78 is 52.8. The maximum Gasteiger partial charge on any atom is 0.253 e. The zero-order chi connectivity index (χ0) is 14.0. The second kappa shape index (κ2) is 5.75. The van der Waals surface area contributed by atoms with Crippen LogP contribution in [0.2, 0.25) is 0 Å². The van der Waals surface area contributed by atoms with Crippen molar-refractivity contribution in [2.75, 3.05) is 5.32 Å². The highest BCUT2D eigenvalue weighted by Gasteiger charge is 2.25. The Bertz CT molecular complexity index is 430. The SMILES string of the molecule is CCC1CCC(Nc2c(F)c(F)nc(F)c2F)CC1. The lowest BCUT2D eigenvalue weighted by Crippen LogP contribution is -2.27. The molecule has 2 rings (SSSR count). The average molecular weight is 276 g/mol. The van der Waals surface area contributed by atoms with Crippen LogP contribution < -0.4 is 5.32 Å². The Morgan fingerprint density at radius 2 is 1.53 bits per heavy atom. The van der Waals surface area contributed by atoms with Gasteiger partial charge in [0.05, 0.1) is 0 Å². The van der Waals surface area contributed by atoms with E-state index in [9.17, 15) is 17.6 Å². The summed E-state index contributed by atoms with van der Waals surface area (Å²) in [6.07, 6.45) is 4.46. The molecule has 0 aromatic carbocycles. The molecule has 1 heterocycles. The Labute approximate surface area is 109 Å². The van der Waals surface area contributed by atoms with Gasteiger partial charge in [0, 0.05) is 6.04 Å². The molecule has 0 aliphatic heterocycles. The largest absolute Gasteiger partial charge is 0.377 e. The second-order valence-corrected chi connectivity index (χ2v) is 4.97. The first-order chi connectivity index (χ1) is 9.02. The van der Waals surface area contributed by atoms with Crippen molar-refractivity contribution in [2.24, 2.45) is 5.92 Å². The van der Waals surface area contributed by atoms with Crippen LogP contribution in [0.1, 0.15) is 39.0 Å². The zero-order valence-electron chi connectivity index (χ0n) is 10.6. The van der Waals surface area contributed by atoms with Gasteiger partial charge in [-0.05, 0) is 31.6 Å². The Kier molecular flexibility index (Phi) is 4.27. The van der Waals surface area contributed by atoms with Gasteiger partial charge in [-0.3, -0.25) is 0 Å². The molecule has 0 saturated heterocycles. The summed E-state index contributed by atoms with van der Waals surface area (Å²) in [6.45, 7) is 2.10. The van der Waals surface area contributed by atoms with Gasteiger partial charge < -0.3 is 5.32 Å². The van der Waals surface area contributed by atoms with Gasteiger partial charge in [-0.1, -0.05) is 13.3 Å². The lowest BCUT2D eigenvalue weighted by molar-refractivity contribution is 0.327. The molecule has 1 aromatic heterocycles. The van der Waals surface area contributed by atoms with Crippen molar-refractivity contribution < 1.29 is 17.6 Å². The van der Waals surface area contributed by atoms with Gasteiger partial charge in [-0.25, -0.2) is 0 Å². The van der Waals surface area contributed by atoms with Crippen molar-refractivity contribution >= 4 is 5.69 Å². The Morgan fingerprint density at radius 3 is 2.00 bits per heavy atom. The minimum atomic E-state index is -1.62. The Balaban J connectivity index is 2.12. The number of rotatable bonds is 3. The summed E-state index contributed by atoms with van der Waals surface area (Å²) in [6, 6.07) is -0.159. The lowest BCUT2D eigenvalue weighted by atomic mass is 9.84. The first-order valence-electron chi connectivity index (χ1n) is 6.49. The van der Waals surface area contributed by atoms with Crippen molar-refractivity contribution in [1.82, 2.24) is 4.98 Å². The summed E-state index contributed by atoms with van der Waals surface area (Å²) >= 11 is 0. The average Bonchev–Trinajstić information content (AvgIpc) is 2.42. The molecule has 0 bridgehead atoms. The third kappa shape index (κ3) is 2.98. The first-order valence-corrected chi connectivity index (χ1v) is 6.49. The first kappa shape index (κ1) is 14.1. The molecule has 0 atom stereocenters. The highest BCUT2D eigenvalue weighted by atomic mass is 19.2. The van der Waals surface area contributed by atoms with E-state index in [2.05, 4.69) is 17.2 Å². The molecule has 0 spiro atoms. The molecular weight excluding hydrogens is 260 g/mol. The van der Waals surface area contributed by atoms with Gasteiger partial charge in [0.25, 0.3) is 11.9 Å². The van der Waals surface area contributed by atoms with Crippen LogP contribution in [0.4, 0.5) is 23.2 Å². The molecule has 19 heavy (non-hydrogen) atoms. The molecular formula is C13H16F4N2. The zero-order valence-corrected chi connectivity index (χ0v) is 10.6. The van der Waals surface area contributed by atoms with Crippen LogP contribution in [0.3, 0.4) is 0 Å². The van der Waals surface area contributed by atoms with E-state index >= 15 is 0 Å². The van der Waals surface area contributed by atoms with Gasteiger partial charge in [0.15, 0.2) is 0 Å². The number of hydrogen-bond acceptors (Lipinski definition) is 2. The second-order valence-electron chi connectivity index (χ2n) is 4.97. The third-order valence-corrected chi connectivity index (χ3v) is 3.77. The van der Waals surface area contributed by atoms with Gasteiger partial charge >= 0.3 is 0 Å². The minimum absolute atomic E-state index is 0.159. The topological polar surface area (TPSA) is 24.9 Å². The smallest absolute Gasteiger partial charge is 0.253 e. The lowest BCUT2D eigenvalue weighted by Gasteiger charge is -2.29. The van der Waals surface area contributed by atoms with Gasteiger partial charge in [0.1, 0.15) is 5.69 Å². The minimum Gasteiger partial charge on any atom is -0.377 e. The molecule has 106 valence electrons. The number of hydrogen-bond donors (Lipinski definition) is 1. The number of nitrogens with zero attached hydrogens (tertiary/aromatic N) is 1. The van der Waals surface area contributed by atoms with E-state index in [1.807, 2.05) is 0 Å². The van der Waals surface area contributed by atoms with E-state index < -0.39 is 29.2 Å². The summed E-state index contributed by atoms with van der Waals surface area (Å²) in [4.78, 5) is 2.53. The molecule has 2 nitrogen and oxygen atoms in total. The third-order valence-electron chi connectivity index (χ3n) is 3.77. The number of aromatic nitrogens is 1. The monoisotopic (exact) mass is 276 g/mol. The molecule has 1 N–H and O–H groups in total. The predicted molar refractivity (Wildman–Crippen MR) is 63.7 cm³/mol. The van der Waals surface area contributed by atoms with Crippen molar-refractivity contribution in [3.8, 4) is 0 Å². The highest BCUT2D eigenvalue weighted by molar-refractivity contribution is 5.46. The Morgan fingerprint density at radius 1 is 1.00 bits per heavy atom. The molecule has 0 unspecified atom stereocenters. The molecule has 1 aliphatic rings. The summed E-state index contributed by atoms with van der Waals surface area (Å²) in [5.74, 6) is -5.54. The number of halogens is 4. The van der Waals surface area contributed by atoms with Crippen LogP contribution >= 0.6 is 0 Å². The van der Waals surface area contributed by atoms with Gasteiger partial charge in [0.2, 0.25) is 11.6 Å². The molecule has 6 heteroatoms. The quantitative estimate of drug-likeness (QED) is 0.666. The fourth-order valence-electron chi connectivity index (χ4n) is 2.53. The number of nitrogens with one attached hydrogen (secondary N) is 1. The van der Waals surface area contributed by atoms with E-state index in [4.69, 9.17) is 0 Å². The molecule has 0 amide bonds. The van der Waals surface area contributed by atoms with Gasteiger partial charge in [-0.2, -0.15) is 22.5 Å². The van der Waals surface area contributed by atoms with Crippen LogP contribution in [-0.4, -0.2) is 11.0 Å². The molecule has 0 radical (unpaired) electrons. The normalized spacial score (nSPS) is 23.4. The van der Waals surface area contributed by atoms with E-state index in [0.717, 1.165) is 32.1 Å². The molecule has 1 aliphatic carbocycles. The summed E-state index contributed by atoms with van der Waals surface area (Å²) in [7, 11) is 0. The predicted octanol–water partition coefficient (Wildman–Crippen LogP) is 4.02. The fourth-order valence-corrected chi connectivity index (χ4v) is 2.53. The van der Waals surface area contributed by atoms with Crippen LogP contribution in [0.15, 0.2) is 0 Å².